The molecule has 88 valence electrons. The summed E-state index contributed by atoms with van der Waals surface area (Å²) < 4.78 is 5.48. The van der Waals surface area contributed by atoms with Crippen LogP contribution < -0.4 is 0 Å². The molecule has 0 aromatic rings. The Morgan fingerprint density at radius 3 is 2.56 bits per heavy atom. The molecule has 2 aliphatic rings. The van der Waals surface area contributed by atoms with E-state index in [0.717, 1.165) is 19.3 Å². The molecule has 0 aromatic heterocycles. The lowest BCUT2D eigenvalue weighted by molar-refractivity contribution is -0.143. The Labute approximate surface area is 96.2 Å². The van der Waals surface area contributed by atoms with Crippen LogP contribution in [-0.2, 0) is 9.53 Å². The summed E-state index contributed by atoms with van der Waals surface area (Å²) in [6.07, 6.45) is 2.36. The van der Waals surface area contributed by atoms with E-state index in [1.807, 2.05) is 4.90 Å². The number of rotatable bonds is 1. The second-order valence-electron chi connectivity index (χ2n) is 4.79. The van der Waals surface area contributed by atoms with Crippen molar-refractivity contribution in [2.75, 3.05) is 19.7 Å². The third kappa shape index (κ3) is 2.19. The van der Waals surface area contributed by atoms with E-state index in [1.54, 1.807) is 0 Å². The summed E-state index contributed by atoms with van der Waals surface area (Å²) in [5.41, 5.74) is 0. The number of nitrogens with zero attached hydrogens (tertiary/aromatic N) is 2. The van der Waals surface area contributed by atoms with E-state index in [9.17, 15) is 4.79 Å². The van der Waals surface area contributed by atoms with Gasteiger partial charge in [-0.25, -0.2) is 0 Å². The normalized spacial score (nSPS) is 31.4. The summed E-state index contributed by atoms with van der Waals surface area (Å²) in [6.45, 7) is 4.19. The van der Waals surface area contributed by atoms with E-state index < -0.39 is 0 Å². The van der Waals surface area contributed by atoms with Gasteiger partial charge in [-0.05, 0) is 25.2 Å². The Balaban J connectivity index is 1.89. The van der Waals surface area contributed by atoms with Gasteiger partial charge in [0, 0.05) is 25.6 Å². The monoisotopic (exact) mass is 222 g/mol. The molecule has 0 bridgehead atoms. The van der Waals surface area contributed by atoms with Gasteiger partial charge in [-0.3, -0.25) is 4.79 Å². The first kappa shape index (κ1) is 11.4. The van der Waals surface area contributed by atoms with Crippen LogP contribution in [0.4, 0.5) is 0 Å². The lowest BCUT2D eigenvalue weighted by Gasteiger charge is -2.31. The first-order valence-electron chi connectivity index (χ1n) is 6.02. The molecule has 0 spiro atoms. The standard InChI is InChI=1S/C12H18N2O2/c1-9-4-7-16-11(9)12(15)14-5-2-10(8-13)3-6-14/h9-11H,2-7H2,1H3. The van der Waals surface area contributed by atoms with Crippen molar-refractivity contribution in [2.24, 2.45) is 11.8 Å². The molecule has 1 amide bonds. The van der Waals surface area contributed by atoms with Crippen molar-refractivity contribution in [1.29, 1.82) is 5.26 Å². The van der Waals surface area contributed by atoms with Crippen LogP contribution in [0.3, 0.4) is 0 Å². The molecule has 2 saturated heterocycles. The maximum absolute atomic E-state index is 12.1. The third-order valence-electron chi connectivity index (χ3n) is 3.62. The fraction of sp³-hybridized carbons (Fsp3) is 0.833. The number of piperidine rings is 1. The molecule has 2 unspecified atom stereocenters. The van der Waals surface area contributed by atoms with E-state index in [4.69, 9.17) is 10.00 Å². The zero-order valence-corrected chi connectivity index (χ0v) is 9.69. The average molecular weight is 222 g/mol. The van der Waals surface area contributed by atoms with E-state index in [-0.39, 0.29) is 17.9 Å². The van der Waals surface area contributed by atoms with Crippen LogP contribution in [0, 0.1) is 23.2 Å². The predicted octanol–water partition coefficient (Wildman–Crippen LogP) is 1.17. The summed E-state index contributed by atoms with van der Waals surface area (Å²) in [6, 6.07) is 2.27. The highest BCUT2D eigenvalue weighted by Gasteiger charge is 2.35. The predicted molar refractivity (Wildman–Crippen MR) is 58.4 cm³/mol. The minimum absolute atomic E-state index is 0.126. The molecule has 2 aliphatic heterocycles. The molecule has 0 aromatic carbocycles. The molecule has 2 atom stereocenters. The quantitative estimate of drug-likeness (QED) is 0.669. The number of ether oxygens (including phenoxy) is 1. The smallest absolute Gasteiger partial charge is 0.251 e. The van der Waals surface area contributed by atoms with Gasteiger partial charge in [0.05, 0.1) is 6.07 Å². The van der Waals surface area contributed by atoms with Gasteiger partial charge in [0.2, 0.25) is 0 Å². The second-order valence-corrected chi connectivity index (χ2v) is 4.79. The number of hydrogen-bond donors (Lipinski definition) is 0. The van der Waals surface area contributed by atoms with E-state index in [0.29, 0.717) is 25.6 Å². The molecule has 2 rings (SSSR count). The maximum Gasteiger partial charge on any atom is 0.251 e. The average Bonchev–Trinajstić information content (AvgIpc) is 2.75. The van der Waals surface area contributed by atoms with E-state index in [2.05, 4.69) is 13.0 Å². The molecule has 2 fully saturated rings. The highest BCUT2D eigenvalue weighted by molar-refractivity contribution is 5.81. The van der Waals surface area contributed by atoms with Gasteiger partial charge >= 0.3 is 0 Å². The molecule has 0 radical (unpaired) electrons. The highest BCUT2D eigenvalue weighted by atomic mass is 16.5. The van der Waals surface area contributed by atoms with Crippen molar-refractivity contribution >= 4 is 5.91 Å². The molecule has 2 heterocycles. The van der Waals surface area contributed by atoms with Crippen LogP contribution in [0.1, 0.15) is 26.2 Å². The van der Waals surface area contributed by atoms with Crippen LogP contribution in [0.5, 0.6) is 0 Å². The molecule has 0 aliphatic carbocycles. The summed E-state index contributed by atoms with van der Waals surface area (Å²) in [7, 11) is 0. The van der Waals surface area contributed by atoms with Crippen molar-refractivity contribution in [3.8, 4) is 6.07 Å². The SMILES string of the molecule is CC1CCOC1C(=O)N1CCC(C#N)CC1. The Morgan fingerprint density at radius 1 is 1.38 bits per heavy atom. The Kier molecular flexibility index (Phi) is 3.45. The van der Waals surface area contributed by atoms with Crippen LogP contribution in [-0.4, -0.2) is 36.6 Å². The number of nitriles is 1. The van der Waals surface area contributed by atoms with Crippen LogP contribution in [0.2, 0.25) is 0 Å². The minimum Gasteiger partial charge on any atom is -0.368 e. The fourth-order valence-corrected chi connectivity index (χ4v) is 2.42. The molecule has 16 heavy (non-hydrogen) atoms. The molecule has 0 N–H and O–H groups in total. The van der Waals surface area contributed by atoms with E-state index in [1.165, 1.54) is 0 Å². The second kappa shape index (κ2) is 4.84. The van der Waals surface area contributed by atoms with Gasteiger partial charge in [0.1, 0.15) is 6.10 Å². The lowest BCUT2D eigenvalue weighted by Crippen LogP contribution is -2.45. The van der Waals surface area contributed by atoms with Gasteiger partial charge in [-0.2, -0.15) is 5.26 Å². The number of likely N-dealkylation sites (tertiary alicyclic amines) is 1. The van der Waals surface area contributed by atoms with Crippen molar-refractivity contribution in [2.45, 2.75) is 32.3 Å². The molecule has 0 saturated carbocycles. The zero-order valence-electron chi connectivity index (χ0n) is 9.69. The van der Waals surface area contributed by atoms with Gasteiger partial charge in [-0.1, -0.05) is 6.92 Å². The summed E-state index contributed by atoms with van der Waals surface area (Å²) in [4.78, 5) is 14.0. The van der Waals surface area contributed by atoms with Crippen LogP contribution in [0.25, 0.3) is 0 Å². The molecule has 4 heteroatoms. The number of amides is 1. The summed E-state index contributed by atoms with van der Waals surface area (Å²) in [5, 5.41) is 8.79. The number of carbonyl (C=O) groups excluding carboxylic acids is 1. The van der Waals surface area contributed by atoms with Crippen LogP contribution in [0.15, 0.2) is 0 Å². The Hall–Kier alpha value is -1.08. The first-order valence-corrected chi connectivity index (χ1v) is 6.02. The molecular weight excluding hydrogens is 204 g/mol. The fourth-order valence-electron chi connectivity index (χ4n) is 2.42. The third-order valence-corrected chi connectivity index (χ3v) is 3.62. The zero-order chi connectivity index (χ0) is 11.5. The topological polar surface area (TPSA) is 53.3 Å². The maximum atomic E-state index is 12.1. The van der Waals surface area contributed by atoms with Crippen molar-refractivity contribution in [3.63, 3.8) is 0 Å². The van der Waals surface area contributed by atoms with Gasteiger partial charge in [-0.15, -0.1) is 0 Å². The number of hydrogen-bond acceptors (Lipinski definition) is 3. The number of carbonyl (C=O) groups is 1. The minimum atomic E-state index is -0.237. The lowest BCUT2D eigenvalue weighted by atomic mass is 9.97. The Bertz CT molecular complexity index is 303. The van der Waals surface area contributed by atoms with Gasteiger partial charge in [0.15, 0.2) is 0 Å². The van der Waals surface area contributed by atoms with Crippen molar-refractivity contribution in [3.05, 3.63) is 0 Å². The van der Waals surface area contributed by atoms with Gasteiger partial charge in [0.25, 0.3) is 5.91 Å². The van der Waals surface area contributed by atoms with Crippen LogP contribution >= 0.6 is 0 Å². The Morgan fingerprint density at radius 2 is 2.06 bits per heavy atom. The molecule has 4 nitrogen and oxygen atoms in total. The van der Waals surface area contributed by atoms with E-state index >= 15 is 0 Å². The summed E-state index contributed by atoms with van der Waals surface area (Å²) >= 11 is 0. The molecular formula is C12H18N2O2. The summed E-state index contributed by atoms with van der Waals surface area (Å²) in [5.74, 6) is 0.591. The first-order chi connectivity index (χ1) is 7.72. The largest absolute Gasteiger partial charge is 0.368 e. The van der Waals surface area contributed by atoms with Gasteiger partial charge < -0.3 is 9.64 Å². The van der Waals surface area contributed by atoms with Crippen molar-refractivity contribution in [1.82, 2.24) is 4.90 Å². The highest BCUT2D eigenvalue weighted by Crippen LogP contribution is 2.24. The van der Waals surface area contributed by atoms with Crippen molar-refractivity contribution < 1.29 is 9.53 Å².